The van der Waals surface area contributed by atoms with Gasteiger partial charge in [0.05, 0.1) is 11.7 Å². The topological polar surface area (TPSA) is 36.3 Å². The molecular formula is C12H13B2N2OP. The molecule has 88 valence electrons. The molecule has 3 nitrogen and oxygen atoms in total. The van der Waals surface area contributed by atoms with E-state index in [1.165, 1.54) is 0 Å². The number of fused-ring (bicyclic) bond motifs is 3. The van der Waals surface area contributed by atoms with Crippen molar-refractivity contribution < 1.29 is 4.74 Å². The number of hydrogen-bond acceptors (Lipinski definition) is 3. The van der Waals surface area contributed by atoms with E-state index in [4.69, 9.17) is 17.8 Å². The quantitative estimate of drug-likeness (QED) is 0.487. The SMILES string of the molecule is [B]c1cc2c(cc1P)N1CCB(C#N)CC1CO2. The van der Waals surface area contributed by atoms with Crippen molar-refractivity contribution in [2.24, 2.45) is 0 Å². The van der Waals surface area contributed by atoms with Gasteiger partial charge in [-0.1, -0.05) is 5.46 Å². The van der Waals surface area contributed by atoms with Gasteiger partial charge in [0.1, 0.15) is 20.2 Å². The van der Waals surface area contributed by atoms with Gasteiger partial charge in [0.25, 0.3) is 6.71 Å². The van der Waals surface area contributed by atoms with Crippen molar-refractivity contribution >= 4 is 40.3 Å². The minimum absolute atomic E-state index is 0.167. The van der Waals surface area contributed by atoms with Crippen molar-refractivity contribution in [3.8, 4) is 11.7 Å². The van der Waals surface area contributed by atoms with Gasteiger partial charge in [0.15, 0.2) is 0 Å². The zero-order valence-electron chi connectivity index (χ0n) is 10.1. The summed E-state index contributed by atoms with van der Waals surface area (Å²) in [5.41, 5.74) is 1.85. The molecule has 0 saturated carbocycles. The van der Waals surface area contributed by atoms with E-state index in [2.05, 4.69) is 26.2 Å². The summed E-state index contributed by atoms with van der Waals surface area (Å²) in [5, 5.41) is 10.0. The van der Waals surface area contributed by atoms with Gasteiger partial charge in [-0.15, -0.1) is 9.24 Å². The predicted octanol–water partition coefficient (Wildman–Crippen LogP) is 0.119. The summed E-state index contributed by atoms with van der Waals surface area (Å²) in [5.74, 6) is 3.24. The molecule has 0 aromatic heterocycles. The van der Waals surface area contributed by atoms with Crippen LogP contribution in [0.3, 0.4) is 0 Å². The molecule has 1 aromatic rings. The lowest BCUT2D eigenvalue weighted by Crippen LogP contribution is -2.50. The molecule has 1 aromatic carbocycles. The highest BCUT2D eigenvalue weighted by molar-refractivity contribution is 7.28. The van der Waals surface area contributed by atoms with Crippen LogP contribution in [0.5, 0.6) is 5.75 Å². The molecule has 0 spiro atoms. The van der Waals surface area contributed by atoms with Gasteiger partial charge in [-0.2, -0.15) is 0 Å². The second kappa shape index (κ2) is 4.52. The fourth-order valence-electron chi connectivity index (χ4n) is 2.77. The van der Waals surface area contributed by atoms with Crippen LogP contribution >= 0.6 is 9.24 Å². The maximum Gasteiger partial charge on any atom is 0.271 e. The summed E-state index contributed by atoms with van der Waals surface area (Å²) >= 11 is 0. The van der Waals surface area contributed by atoms with Crippen LogP contribution in [-0.4, -0.2) is 33.8 Å². The second-order valence-corrected chi connectivity index (χ2v) is 5.58. The summed E-state index contributed by atoms with van der Waals surface area (Å²) in [6, 6.07) is 4.28. The highest BCUT2D eigenvalue weighted by Crippen LogP contribution is 2.36. The van der Waals surface area contributed by atoms with Crippen molar-refractivity contribution in [3.05, 3.63) is 12.1 Å². The Labute approximate surface area is 111 Å². The van der Waals surface area contributed by atoms with Gasteiger partial charge in [-0.3, -0.25) is 0 Å². The molecule has 0 N–H and O–H groups in total. The molecule has 0 aliphatic carbocycles. The van der Waals surface area contributed by atoms with Crippen LogP contribution in [0.15, 0.2) is 12.1 Å². The molecule has 2 aliphatic heterocycles. The van der Waals surface area contributed by atoms with E-state index >= 15 is 0 Å². The molecule has 2 aliphatic rings. The van der Waals surface area contributed by atoms with Crippen LogP contribution in [0, 0.1) is 11.2 Å². The van der Waals surface area contributed by atoms with Gasteiger partial charge in [-0.25, -0.2) is 5.26 Å². The summed E-state index contributed by atoms with van der Waals surface area (Å²) in [6.45, 7) is 1.74. The van der Waals surface area contributed by atoms with Crippen LogP contribution in [-0.2, 0) is 0 Å². The van der Waals surface area contributed by atoms with Crippen LogP contribution < -0.4 is 20.4 Å². The second-order valence-electron chi connectivity index (χ2n) is 4.96. The molecule has 18 heavy (non-hydrogen) atoms. The van der Waals surface area contributed by atoms with Crippen molar-refractivity contribution in [2.75, 3.05) is 18.1 Å². The Morgan fingerprint density at radius 2 is 2.39 bits per heavy atom. The number of ether oxygens (including phenoxy) is 1. The number of nitriles is 1. The first-order valence-electron chi connectivity index (χ1n) is 6.17. The first-order valence-corrected chi connectivity index (χ1v) is 6.75. The van der Waals surface area contributed by atoms with E-state index in [1.807, 2.05) is 6.07 Å². The Morgan fingerprint density at radius 1 is 1.56 bits per heavy atom. The minimum atomic E-state index is 0.167. The zero-order chi connectivity index (χ0) is 12.7. The van der Waals surface area contributed by atoms with Crippen LogP contribution in [0.2, 0.25) is 12.6 Å². The fourth-order valence-corrected chi connectivity index (χ4v) is 3.01. The van der Waals surface area contributed by atoms with Gasteiger partial charge in [-0.05, 0) is 30.1 Å². The van der Waals surface area contributed by atoms with Crippen LogP contribution in [0.1, 0.15) is 0 Å². The fraction of sp³-hybridized carbons (Fsp3) is 0.417. The van der Waals surface area contributed by atoms with Crippen molar-refractivity contribution in [1.29, 1.82) is 5.26 Å². The number of nitrogens with zero attached hydrogens (tertiary/aromatic N) is 2. The Balaban J connectivity index is 1.95. The van der Waals surface area contributed by atoms with Crippen LogP contribution in [0.4, 0.5) is 5.69 Å². The van der Waals surface area contributed by atoms with Crippen molar-refractivity contribution in [2.45, 2.75) is 18.7 Å². The largest absolute Gasteiger partial charge is 0.489 e. The zero-order valence-corrected chi connectivity index (χ0v) is 11.2. The van der Waals surface area contributed by atoms with Crippen LogP contribution in [0.25, 0.3) is 0 Å². The summed E-state index contributed by atoms with van der Waals surface area (Å²) in [7, 11) is 8.55. The predicted molar refractivity (Wildman–Crippen MR) is 78.8 cm³/mol. The number of rotatable bonds is 0. The van der Waals surface area contributed by atoms with E-state index in [1.54, 1.807) is 0 Å². The Morgan fingerprint density at radius 3 is 3.17 bits per heavy atom. The van der Waals surface area contributed by atoms with E-state index in [-0.39, 0.29) is 6.71 Å². The molecule has 1 fully saturated rings. The molecule has 2 radical (unpaired) electrons. The van der Waals surface area contributed by atoms with Crippen molar-refractivity contribution in [1.82, 2.24) is 0 Å². The minimum Gasteiger partial charge on any atom is -0.489 e. The molecule has 3 rings (SSSR count). The molecular weight excluding hydrogens is 241 g/mol. The van der Waals surface area contributed by atoms with E-state index in [0.717, 1.165) is 41.4 Å². The number of anilines is 1. The van der Waals surface area contributed by atoms with Gasteiger partial charge in [0, 0.05) is 12.5 Å². The standard InChI is InChI=1S/C12H13B2N2OP/c13-9-3-11-10(4-12(9)18)16-2-1-14(7-15)5-8(16)6-17-11/h3-4,8H,1-2,5-6,18H2. The number of benzene rings is 1. The lowest BCUT2D eigenvalue weighted by atomic mass is 9.43. The maximum atomic E-state index is 9.03. The van der Waals surface area contributed by atoms with E-state index in [9.17, 15) is 0 Å². The maximum absolute atomic E-state index is 9.03. The third-order valence-electron chi connectivity index (χ3n) is 3.80. The third kappa shape index (κ3) is 1.89. The number of hydrogen-bond donors (Lipinski definition) is 0. The average Bonchev–Trinajstić information content (AvgIpc) is 2.39. The highest BCUT2D eigenvalue weighted by atomic mass is 31.0. The Bertz CT molecular complexity index is 532. The van der Waals surface area contributed by atoms with Crippen molar-refractivity contribution in [3.63, 3.8) is 0 Å². The monoisotopic (exact) mass is 254 g/mol. The molecule has 2 heterocycles. The summed E-state index contributed by atoms with van der Waals surface area (Å²) in [6.07, 6.45) is 1.83. The first-order chi connectivity index (χ1) is 8.69. The van der Waals surface area contributed by atoms with Gasteiger partial charge in [0.2, 0.25) is 0 Å². The highest BCUT2D eigenvalue weighted by Gasteiger charge is 2.35. The normalized spacial score (nSPS) is 21.7. The molecule has 2 unspecified atom stereocenters. The average molecular weight is 254 g/mol. The van der Waals surface area contributed by atoms with Gasteiger partial charge < -0.3 is 9.64 Å². The van der Waals surface area contributed by atoms with Gasteiger partial charge >= 0.3 is 0 Å². The summed E-state index contributed by atoms with van der Waals surface area (Å²) in [4.78, 5) is 2.36. The smallest absolute Gasteiger partial charge is 0.271 e. The lowest BCUT2D eigenvalue weighted by Gasteiger charge is -2.42. The lowest BCUT2D eigenvalue weighted by molar-refractivity contribution is 0.268. The van der Waals surface area contributed by atoms with E-state index < -0.39 is 0 Å². The molecule has 1 saturated heterocycles. The molecule has 0 amide bonds. The van der Waals surface area contributed by atoms with E-state index in [0.29, 0.717) is 12.6 Å². The third-order valence-corrected chi connectivity index (χ3v) is 4.30. The Kier molecular flexibility index (Phi) is 2.99. The Hall–Kier alpha value is -1.13. The molecule has 0 bridgehead atoms. The summed E-state index contributed by atoms with van der Waals surface area (Å²) < 4.78 is 5.78. The molecule has 6 heteroatoms. The molecule has 2 atom stereocenters. The first kappa shape index (κ1) is 11.9.